The summed E-state index contributed by atoms with van der Waals surface area (Å²) in [7, 11) is 0. The van der Waals surface area contributed by atoms with E-state index in [1.165, 1.54) is 0 Å². The molecule has 0 radical (unpaired) electrons. The highest BCUT2D eigenvalue weighted by Gasteiger charge is 2.50. The second kappa shape index (κ2) is 10.1. The van der Waals surface area contributed by atoms with E-state index in [1.807, 2.05) is 12.1 Å². The van der Waals surface area contributed by atoms with Crippen molar-refractivity contribution in [1.29, 1.82) is 5.26 Å². The number of alkyl halides is 1. The quantitative estimate of drug-likeness (QED) is 0.526. The molecule has 9 nitrogen and oxygen atoms in total. The Bertz CT molecular complexity index is 1400. The highest BCUT2D eigenvalue weighted by atomic mass is 19.1. The number of aromatic nitrogens is 2. The number of nitrogen functional groups attached to an aromatic ring is 1. The van der Waals surface area contributed by atoms with Gasteiger partial charge in [-0.1, -0.05) is 13.0 Å². The summed E-state index contributed by atoms with van der Waals surface area (Å²) in [6.45, 7) is 5.04. The summed E-state index contributed by atoms with van der Waals surface area (Å²) in [5.41, 5.74) is 10.0. The number of nitrogens with zero attached hydrogens (tertiary/aromatic N) is 5. The predicted molar refractivity (Wildman–Crippen MR) is 151 cm³/mol. The number of aliphatic hydroxyl groups excluding tert-OH is 1. The van der Waals surface area contributed by atoms with Gasteiger partial charge in [-0.25, -0.2) is 4.39 Å². The van der Waals surface area contributed by atoms with Crippen LogP contribution in [0.1, 0.15) is 85.7 Å². The number of hydrogen-bond acceptors (Lipinski definition) is 9. The Morgan fingerprint density at radius 2 is 2.12 bits per heavy atom. The van der Waals surface area contributed by atoms with E-state index >= 15 is 0 Å². The van der Waals surface area contributed by atoms with Crippen LogP contribution in [0.2, 0.25) is 0 Å². The molecule has 4 aliphatic heterocycles. The summed E-state index contributed by atoms with van der Waals surface area (Å²) in [5, 5.41) is 20.3. The molecular formula is C31H39FN6O3. The number of rotatable bonds is 5. The van der Waals surface area contributed by atoms with Crippen LogP contribution in [0.5, 0.6) is 6.01 Å². The largest absolute Gasteiger partial charge is 0.461 e. The third-order valence-corrected chi connectivity index (χ3v) is 10.4. The molecule has 41 heavy (non-hydrogen) atoms. The van der Waals surface area contributed by atoms with Crippen LogP contribution in [0.25, 0.3) is 0 Å². The lowest BCUT2D eigenvalue weighted by molar-refractivity contribution is -0.0873. The van der Waals surface area contributed by atoms with Gasteiger partial charge < -0.3 is 25.2 Å². The van der Waals surface area contributed by atoms with Gasteiger partial charge in [0.2, 0.25) is 0 Å². The lowest BCUT2D eigenvalue weighted by Gasteiger charge is -2.45. The molecule has 7 rings (SSSR count). The van der Waals surface area contributed by atoms with Crippen LogP contribution in [-0.2, 0) is 23.4 Å². The molecule has 1 aromatic carbocycles. The molecule has 5 heterocycles. The van der Waals surface area contributed by atoms with Crippen LogP contribution in [0, 0.1) is 11.3 Å². The van der Waals surface area contributed by atoms with Crippen LogP contribution in [-0.4, -0.2) is 70.6 Å². The number of benzene rings is 1. The second-order valence-electron chi connectivity index (χ2n) is 12.8. The molecule has 2 aromatic rings. The zero-order valence-corrected chi connectivity index (χ0v) is 23.7. The first-order valence-electron chi connectivity index (χ1n) is 15.1. The minimum Gasteiger partial charge on any atom is -0.461 e. The van der Waals surface area contributed by atoms with Gasteiger partial charge >= 0.3 is 6.01 Å². The van der Waals surface area contributed by atoms with Crippen molar-refractivity contribution in [3.05, 3.63) is 40.1 Å². The van der Waals surface area contributed by atoms with Crippen molar-refractivity contribution in [1.82, 2.24) is 14.9 Å². The molecule has 3 saturated heterocycles. The maximum absolute atomic E-state index is 14.4. The standard InChI is InChI=1S/C31H39FN6O3/c1-19-7-9-31(27-22(19)5-6-25(34)23(27)14-33)13-26-24(17-41-31)28(38-11-2-4-21(38)16-39)36-29(35-26)40-18-30-8-3-10-37(30)15-20(32)12-30/h5-6,19-21,39H,2-4,7-13,15-18,34H2,1H3. The Balaban J connectivity index is 1.29. The Morgan fingerprint density at radius 1 is 1.24 bits per heavy atom. The molecular weight excluding hydrogens is 523 g/mol. The summed E-state index contributed by atoms with van der Waals surface area (Å²) in [6, 6.07) is 6.50. The van der Waals surface area contributed by atoms with Crippen molar-refractivity contribution in [3.63, 3.8) is 0 Å². The topological polar surface area (TPSA) is 121 Å². The molecule has 0 saturated carbocycles. The van der Waals surface area contributed by atoms with E-state index in [0.717, 1.165) is 79.8 Å². The predicted octanol–water partition coefficient (Wildman–Crippen LogP) is 3.71. The lowest BCUT2D eigenvalue weighted by Crippen LogP contribution is -2.44. The molecule has 3 N–H and O–H groups in total. The molecule has 218 valence electrons. The first-order valence-corrected chi connectivity index (χ1v) is 15.1. The van der Waals surface area contributed by atoms with Gasteiger partial charge in [-0.05, 0) is 62.6 Å². The molecule has 1 aliphatic carbocycles. The number of hydrogen-bond donors (Lipinski definition) is 2. The highest BCUT2D eigenvalue weighted by molar-refractivity contribution is 5.64. The average molecular weight is 563 g/mol. The first kappa shape index (κ1) is 26.9. The number of halogens is 1. The fourth-order valence-electron chi connectivity index (χ4n) is 8.28. The summed E-state index contributed by atoms with van der Waals surface area (Å²) >= 11 is 0. The molecule has 1 spiro atoms. The second-order valence-corrected chi connectivity index (χ2v) is 12.8. The summed E-state index contributed by atoms with van der Waals surface area (Å²) in [6.07, 6.45) is 5.63. The molecule has 3 fully saturated rings. The van der Waals surface area contributed by atoms with Crippen molar-refractivity contribution < 1.29 is 19.0 Å². The average Bonchev–Trinajstić information content (AvgIpc) is 3.67. The van der Waals surface area contributed by atoms with E-state index in [-0.39, 0.29) is 18.2 Å². The smallest absolute Gasteiger partial charge is 0.318 e. The summed E-state index contributed by atoms with van der Waals surface area (Å²) in [4.78, 5) is 14.3. The van der Waals surface area contributed by atoms with Crippen LogP contribution in [0.4, 0.5) is 15.9 Å². The van der Waals surface area contributed by atoms with Crippen molar-refractivity contribution in [2.45, 2.75) is 94.2 Å². The molecule has 5 atom stereocenters. The van der Waals surface area contributed by atoms with Crippen LogP contribution in [0.15, 0.2) is 12.1 Å². The third kappa shape index (κ3) is 4.27. The van der Waals surface area contributed by atoms with Gasteiger partial charge in [-0.2, -0.15) is 15.2 Å². The molecule has 5 unspecified atom stereocenters. The first-order chi connectivity index (χ1) is 19.9. The fourth-order valence-corrected chi connectivity index (χ4v) is 8.28. The van der Waals surface area contributed by atoms with E-state index in [0.29, 0.717) is 55.8 Å². The Labute approximate surface area is 240 Å². The zero-order chi connectivity index (χ0) is 28.4. The summed E-state index contributed by atoms with van der Waals surface area (Å²) < 4.78 is 27.6. The maximum Gasteiger partial charge on any atom is 0.318 e. The maximum atomic E-state index is 14.4. The molecule has 0 amide bonds. The normalized spacial score (nSPS) is 32.5. The van der Waals surface area contributed by atoms with Crippen molar-refractivity contribution in [3.8, 4) is 12.1 Å². The number of nitriles is 1. The molecule has 0 bridgehead atoms. The van der Waals surface area contributed by atoms with Crippen molar-refractivity contribution in [2.24, 2.45) is 0 Å². The van der Waals surface area contributed by atoms with Crippen LogP contribution < -0.4 is 15.4 Å². The van der Waals surface area contributed by atoms with Gasteiger partial charge in [-0.15, -0.1) is 0 Å². The van der Waals surface area contributed by atoms with Crippen molar-refractivity contribution in [2.75, 3.05) is 43.5 Å². The SMILES string of the molecule is CC1CCC2(Cc3nc(OCC45CCCN4CC(F)C5)nc(N4CCCC4CO)c3CO2)c2c1ccc(N)c2C#N. The van der Waals surface area contributed by atoms with E-state index < -0.39 is 11.8 Å². The van der Waals surface area contributed by atoms with E-state index in [2.05, 4.69) is 22.8 Å². The monoisotopic (exact) mass is 562 g/mol. The molecule has 1 aromatic heterocycles. The number of nitrogens with two attached hydrogens (primary N) is 1. The van der Waals surface area contributed by atoms with Gasteiger partial charge in [0.25, 0.3) is 0 Å². The number of fused-ring (bicyclic) bond motifs is 4. The zero-order valence-electron chi connectivity index (χ0n) is 23.7. The van der Waals surface area contributed by atoms with Gasteiger partial charge in [0, 0.05) is 42.7 Å². The Morgan fingerprint density at radius 3 is 2.95 bits per heavy atom. The van der Waals surface area contributed by atoms with Gasteiger partial charge in [-0.3, -0.25) is 4.90 Å². The van der Waals surface area contributed by atoms with Crippen molar-refractivity contribution >= 4 is 11.5 Å². The Hall–Kier alpha value is -3.00. The highest BCUT2D eigenvalue weighted by Crippen LogP contribution is 2.51. The lowest BCUT2D eigenvalue weighted by atomic mass is 9.69. The molecule has 10 heteroatoms. The van der Waals surface area contributed by atoms with Gasteiger partial charge in [0.05, 0.1) is 36.1 Å². The minimum absolute atomic E-state index is 0.0231. The number of aliphatic hydroxyl groups is 1. The number of ether oxygens (including phenoxy) is 2. The molecule has 5 aliphatic rings. The van der Waals surface area contributed by atoms with Crippen LogP contribution >= 0.6 is 0 Å². The van der Waals surface area contributed by atoms with Gasteiger partial charge in [0.15, 0.2) is 0 Å². The van der Waals surface area contributed by atoms with Crippen LogP contribution in [0.3, 0.4) is 0 Å². The van der Waals surface area contributed by atoms with E-state index in [4.69, 9.17) is 25.2 Å². The fraction of sp³-hybridized carbons (Fsp3) is 0.645. The summed E-state index contributed by atoms with van der Waals surface area (Å²) in [5.74, 6) is 1.05. The minimum atomic E-state index is -0.832. The van der Waals surface area contributed by atoms with Gasteiger partial charge in [0.1, 0.15) is 30.3 Å². The van der Waals surface area contributed by atoms with E-state index in [9.17, 15) is 14.8 Å². The Kier molecular flexibility index (Phi) is 6.60. The number of anilines is 2. The van der Waals surface area contributed by atoms with E-state index in [1.54, 1.807) is 0 Å². The third-order valence-electron chi connectivity index (χ3n) is 10.4.